The zero-order valence-corrected chi connectivity index (χ0v) is 11.2. The van der Waals surface area contributed by atoms with Crippen molar-refractivity contribution in [1.29, 1.82) is 0 Å². The van der Waals surface area contributed by atoms with Crippen molar-refractivity contribution in [1.82, 2.24) is 5.32 Å². The second kappa shape index (κ2) is 6.72. The Kier molecular flexibility index (Phi) is 5.59. The van der Waals surface area contributed by atoms with Crippen molar-refractivity contribution in [3.63, 3.8) is 0 Å². The molecule has 0 aromatic heterocycles. The van der Waals surface area contributed by atoms with Crippen LogP contribution in [0.15, 0.2) is 18.2 Å². The van der Waals surface area contributed by atoms with Gasteiger partial charge in [-0.15, -0.1) is 12.4 Å². The Hall–Kier alpha value is -0.930. The van der Waals surface area contributed by atoms with E-state index < -0.39 is 0 Å². The molecule has 0 bridgehead atoms. The van der Waals surface area contributed by atoms with Gasteiger partial charge in [-0.05, 0) is 44.0 Å². The van der Waals surface area contributed by atoms with Crippen LogP contribution in [0.5, 0.6) is 11.5 Å². The van der Waals surface area contributed by atoms with E-state index in [0.717, 1.165) is 18.0 Å². The fourth-order valence-corrected chi connectivity index (χ4v) is 2.15. The van der Waals surface area contributed by atoms with Crippen LogP contribution in [0, 0.1) is 0 Å². The van der Waals surface area contributed by atoms with E-state index in [9.17, 15) is 0 Å². The van der Waals surface area contributed by atoms with E-state index in [-0.39, 0.29) is 12.4 Å². The fraction of sp³-hybridized carbons (Fsp3) is 0.538. The van der Waals surface area contributed by atoms with Gasteiger partial charge in [-0.3, -0.25) is 0 Å². The van der Waals surface area contributed by atoms with Gasteiger partial charge in [0.25, 0.3) is 0 Å². The van der Waals surface area contributed by atoms with E-state index in [0.29, 0.717) is 12.6 Å². The first-order valence-electron chi connectivity index (χ1n) is 5.89. The number of benzene rings is 1. The number of rotatable bonds is 4. The maximum Gasteiger partial charge on any atom is 0.161 e. The van der Waals surface area contributed by atoms with E-state index in [1.54, 1.807) is 7.11 Å². The first-order valence-corrected chi connectivity index (χ1v) is 5.89. The molecular formula is C13H20ClNO2. The lowest BCUT2D eigenvalue weighted by Crippen LogP contribution is -2.13. The summed E-state index contributed by atoms with van der Waals surface area (Å²) in [6.45, 7) is 3.76. The molecule has 3 nitrogen and oxygen atoms in total. The standard InChI is InChI=1S/C13H19NO2.ClH/c1-3-16-13-9-10(6-7-12(13)15-2)11-5-4-8-14-11;/h6-7,9,11,14H,3-5,8H2,1-2H3;1H/t11-;/m0./s1. The molecule has 0 spiro atoms. The van der Waals surface area contributed by atoms with Crippen molar-refractivity contribution in [2.24, 2.45) is 0 Å². The summed E-state index contributed by atoms with van der Waals surface area (Å²) in [5, 5.41) is 3.48. The SMILES string of the molecule is CCOc1cc([C@@H]2CCCN2)ccc1OC.Cl. The molecule has 1 heterocycles. The van der Waals surface area contributed by atoms with Crippen LogP contribution in [0.25, 0.3) is 0 Å². The topological polar surface area (TPSA) is 30.5 Å². The molecule has 1 aliphatic rings. The molecular weight excluding hydrogens is 238 g/mol. The zero-order valence-electron chi connectivity index (χ0n) is 10.4. The quantitative estimate of drug-likeness (QED) is 0.900. The molecule has 0 unspecified atom stereocenters. The van der Waals surface area contributed by atoms with E-state index in [1.165, 1.54) is 18.4 Å². The molecule has 1 aromatic carbocycles. The normalized spacial score (nSPS) is 18.6. The lowest BCUT2D eigenvalue weighted by molar-refractivity contribution is 0.310. The minimum atomic E-state index is 0. The summed E-state index contributed by atoms with van der Waals surface area (Å²) in [7, 11) is 1.67. The highest BCUT2D eigenvalue weighted by molar-refractivity contribution is 5.85. The van der Waals surface area contributed by atoms with Crippen LogP contribution < -0.4 is 14.8 Å². The Labute approximate surface area is 109 Å². The molecule has 17 heavy (non-hydrogen) atoms. The largest absolute Gasteiger partial charge is 0.493 e. The molecule has 4 heteroatoms. The Morgan fingerprint density at radius 3 is 2.76 bits per heavy atom. The molecule has 1 atom stereocenters. The highest BCUT2D eigenvalue weighted by Gasteiger charge is 2.17. The van der Waals surface area contributed by atoms with Crippen molar-refractivity contribution < 1.29 is 9.47 Å². The average molecular weight is 258 g/mol. The molecule has 1 N–H and O–H groups in total. The van der Waals surface area contributed by atoms with Gasteiger partial charge in [0, 0.05) is 6.04 Å². The third kappa shape index (κ3) is 3.27. The number of ether oxygens (including phenoxy) is 2. The number of halogens is 1. The van der Waals surface area contributed by atoms with Crippen LogP contribution in [0.3, 0.4) is 0 Å². The Bertz CT molecular complexity index is 351. The molecule has 1 fully saturated rings. The van der Waals surface area contributed by atoms with Crippen LogP contribution >= 0.6 is 12.4 Å². The van der Waals surface area contributed by atoms with Crippen LogP contribution in [-0.4, -0.2) is 20.3 Å². The van der Waals surface area contributed by atoms with E-state index >= 15 is 0 Å². The Morgan fingerprint density at radius 2 is 2.18 bits per heavy atom. The van der Waals surface area contributed by atoms with E-state index in [2.05, 4.69) is 17.4 Å². The van der Waals surface area contributed by atoms with Crippen molar-refractivity contribution >= 4 is 12.4 Å². The fourth-order valence-electron chi connectivity index (χ4n) is 2.15. The smallest absolute Gasteiger partial charge is 0.161 e. The van der Waals surface area contributed by atoms with Crippen molar-refractivity contribution in [3.05, 3.63) is 23.8 Å². The van der Waals surface area contributed by atoms with Crippen LogP contribution in [0.4, 0.5) is 0 Å². The summed E-state index contributed by atoms with van der Waals surface area (Å²) in [6, 6.07) is 6.67. The predicted octanol–water partition coefficient (Wildman–Crippen LogP) is 2.94. The molecule has 2 rings (SSSR count). The second-order valence-electron chi connectivity index (χ2n) is 3.99. The lowest BCUT2D eigenvalue weighted by atomic mass is 10.0. The first-order chi connectivity index (χ1) is 7.85. The van der Waals surface area contributed by atoms with Gasteiger partial charge >= 0.3 is 0 Å². The molecule has 0 radical (unpaired) electrons. The highest BCUT2D eigenvalue weighted by atomic mass is 35.5. The molecule has 1 aromatic rings. The minimum Gasteiger partial charge on any atom is -0.493 e. The van der Waals surface area contributed by atoms with Gasteiger partial charge in [0.15, 0.2) is 11.5 Å². The maximum atomic E-state index is 5.58. The third-order valence-electron chi connectivity index (χ3n) is 2.95. The second-order valence-corrected chi connectivity index (χ2v) is 3.99. The summed E-state index contributed by atoms with van der Waals surface area (Å²) in [6.07, 6.45) is 2.46. The van der Waals surface area contributed by atoms with Crippen molar-refractivity contribution in [3.8, 4) is 11.5 Å². The van der Waals surface area contributed by atoms with E-state index in [1.807, 2.05) is 13.0 Å². The maximum absolute atomic E-state index is 5.58. The molecule has 0 aliphatic carbocycles. The first kappa shape index (κ1) is 14.1. The van der Waals surface area contributed by atoms with Crippen molar-refractivity contribution in [2.75, 3.05) is 20.3 Å². The zero-order chi connectivity index (χ0) is 11.4. The average Bonchev–Trinajstić information content (AvgIpc) is 2.83. The van der Waals surface area contributed by atoms with Crippen LogP contribution in [0.1, 0.15) is 31.4 Å². The van der Waals surface area contributed by atoms with E-state index in [4.69, 9.17) is 9.47 Å². The number of methoxy groups -OCH3 is 1. The van der Waals surface area contributed by atoms with Gasteiger partial charge in [0.2, 0.25) is 0 Å². The minimum absolute atomic E-state index is 0. The molecule has 0 amide bonds. The predicted molar refractivity (Wildman–Crippen MR) is 71.4 cm³/mol. The Morgan fingerprint density at radius 1 is 1.35 bits per heavy atom. The summed E-state index contributed by atoms with van der Waals surface area (Å²) in [5.74, 6) is 1.65. The van der Waals surface area contributed by atoms with Gasteiger partial charge in [0.1, 0.15) is 0 Å². The van der Waals surface area contributed by atoms with Crippen LogP contribution in [0.2, 0.25) is 0 Å². The van der Waals surface area contributed by atoms with Gasteiger partial charge in [0.05, 0.1) is 13.7 Å². The monoisotopic (exact) mass is 257 g/mol. The molecule has 96 valence electrons. The highest BCUT2D eigenvalue weighted by Crippen LogP contribution is 2.32. The Balaban J connectivity index is 0.00000144. The third-order valence-corrected chi connectivity index (χ3v) is 2.95. The van der Waals surface area contributed by atoms with Gasteiger partial charge < -0.3 is 14.8 Å². The number of hydrogen-bond acceptors (Lipinski definition) is 3. The summed E-state index contributed by atoms with van der Waals surface area (Å²) in [5.41, 5.74) is 1.29. The lowest BCUT2D eigenvalue weighted by Gasteiger charge is -2.14. The number of nitrogens with one attached hydrogen (secondary N) is 1. The van der Waals surface area contributed by atoms with Gasteiger partial charge in [-0.25, -0.2) is 0 Å². The molecule has 0 saturated carbocycles. The van der Waals surface area contributed by atoms with Crippen molar-refractivity contribution in [2.45, 2.75) is 25.8 Å². The summed E-state index contributed by atoms with van der Waals surface area (Å²) >= 11 is 0. The van der Waals surface area contributed by atoms with Crippen LogP contribution in [-0.2, 0) is 0 Å². The molecule has 1 saturated heterocycles. The van der Waals surface area contributed by atoms with Gasteiger partial charge in [-0.1, -0.05) is 6.07 Å². The van der Waals surface area contributed by atoms with Gasteiger partial charge in [-0.2, -0.15) is 0 Å². The number of hydrogen-bond donors (Lipinski definition) is 1. The summed E-state index contributed by atoms with van der Waals surface area (Å²) < 4.78 is 10.8. The summed E-state index contributed by atoms with van der Waals surface area (Å²) in [4.78, 5) is 0. The molecule has 1 aliphatic heterocycles.